The quantitative estimate of drug-likeness (QED) is 0.577. The van der Waals surface area contributed by atoms with E-state index >= 15 is 0 Å². The number of nitrogen functional groups attached to an aromatic ring is 2. The molecule has 0 atom stereocenters. The van der Waals surface area contributed by atoms with Crippen molar-refractivity contribution in [3.8, 4) is 5.82 Å². The Labute approximate surface area is 84.7 Å². The van der Waals surface area contributed by atoms with Crippen molar-refractivity contribution in [3.05, 3.63) is 28.4 Å². The number of rotatable bonds is 1. The Morgan fingerprint density at radius 2 is 2.20 bits per heavy atom. The minimum Gasteiger partial charge on any atom is -0.391 e. The van der Waals surface area contributed by atoms with Crippen molar-refractivity contribution in [1.82, 2.24) is 19.7 Å². The number of nitrogens with zero attached hydrogens (tertiary/aromatic N) is 3. The monoisotopic (exact) mass is 206 g/mol. The molecule has 7 heteroatoms. The summed E-state index contributed by atoms with van der Waals surface area (Å²) in [7, 11) is 0. The number of nitrogens with two attached hydrogens (primary N) is 2. The first kappa shape index (κ1) is 9.25. The summed E-state index contributed by atoms with van der Waals surface area (Å²) in [5.41, 5.74) is 11.6. The van der Waals surface area contributed by atoms with Crippen LogP contribution in [0.1, 0.15) is 5.56 Å². The van der Waals surface area contributed by atoms with Crippen LogP contribution in [0.3, 0.4) is 0 Å². The Kier molecular flexibility index (Phi) is 1.93. The molecular weight excluding hydrogens is 196 g/mol. The van der Waals surface area contributed by atoms with E-state index in [0.29, 0.717) is 5.82 Å². The van der Waals surface area contributed by atoms with Crippen LogP contribution in [0.15, 0.2) is 17.3 Å². The van der Waals surface area contributed by atoms with E-state index in [2.05, 4.69) is 15.1 Å². The van der Waals surface area contributed by atoms with Gasteiger partial charge in [0.05, 0.1) is 6.33 Å². The van der Waals surface area contributed by atoms with Gasteiger partial charge in [-0.25, -0.2) is 9.67 Å². The summed E-state index contributed by atoms with van der Waals surface area (Å²) in [5.74, 6) is 0.662. The molecule has 15 heavy (non-hydrogen) atoms. The Morgan fingerprint density at radius 3 is 2.80 bits per heavy atom. The molecule has 78 valence electrons. The van der Waals surface area contributed by atoms with E-state index < -0.39 is 5.56 Å². The molecule has 5 N–H and O–H groups in total. The van der Waals surface area contributed by atoms with Crippen molar-refractivity contribution >= 4 is 11.5 Å². The molecule has 0 saturated heterocycles. The molecule has 0 aliphatic heterocycles. The number of hydrogen-bond acceptors (Lipinski definition) is 5. The molecule has 0 spiro atoms. The third-order valence-electron chi connectivity index (χ3n) is 2.02. The van der Waals surface area contributed by atoms with Gasteiger partial charge in [-0.05, 0) is 6.92 Å². The van der Waals surface area contributed by atoms with Gasteiger partial charge in [-0.2, -0.15) is 0 Å². The van der Waals surface area contributed by atoms with Crippen LogP contribution in [0.5, 0.6) is 0 Å². The van der Waals surface area contributed by atoms with E-state index in [0.717, 1.165) is 5.56 Å². The second kappa shape index (κ2) is 3.12. The van der Waals surface area contributed by atoms with E-state index in [-0.39, 0.29) is 11.5 Å². The van der Waals surface area contributed by atoms with Crippen LogP contribution in [0.2, 0.25) is 0 Å². The van der Waals surface area contributed by atoms with Crippen LogP contribution in [-0.2, 0) is 0 Å². The van der Waals surface area contributed by atoms with E-state index in [1.165, 1.54) is 11.0 Å². The van der Waals surface area contributed by atoms with Crippen LogP contribution >= 0.6 is 0 Å². The molecule has 2 aromatic rings. The number of nitrogens with one attached hydrogen (secondary N) is 1. The molecule has 7 nitrogen and oxygen atoms in total. The highest BCUT2D eigenvalue weighted by molar-refractivity contribution is 5.51. The van der Waals surface area contributed by atoms with Gasteiger partial charge in [-0.15, -0.1) is 5.10 Å². The van der Waals surface area contributed by atoms with Gasteiger partial charge in [0, 0.05) is 11.8 Å². The van der Waals surface area contributed by atoms with Crippen molar-refractivity contribution in [1.29, 1.82) is 0 Å². The highest BCUT2D eigenvalue weighted by atomic mass is 16.1. The zero-order chi connectivity index (χ0) is 11.0. The summed E-state index contributed by atoms with van der Waals surface area (Å²) >= 11 is 0. The standard InChI is InChI=1S/C8H10N6O/c1-4-2-14(13-6(4)10)7-5(9)8(15)12-3-11-7/h2-3H,9H2,1H3,(H2,10,13)(H,11,12,15). The summed E-state index contributed by atoms with van der Waals surface area (Å²) in [6, 6.07) is 0. The van der Waals surface area contributed by atoms with Gasteiger partial charge in [0.1, 0.15) is 11.5 Å². The molecule has 2 heterocycles. The number of aromatic amines is 1. The van der Waals surface area contributed by atoms with Crippen molar-refractivity contribution in [2.45, 2.75) is 6.92 Å². The van der Waals surface area contributed by atoms with Crippen molar-refractivity contribution in [2.24, 2.45) is 0 Å². The smallest absolute Gasteiger partial charge is 0.276 e. The lowest BCUT2D eigenvalue weighted by Gasteiger charge is -2.01. The van der Waals surface area contributed by atoms with Gasteiger partial charge in [-0.3, -0.25) is 4.79 Å². The van der Waals surface area contributed by atoms with Crippen LogP contribution in [0.25, 0.3) is 5.82 Å². The molecule has 0 unspecified atom stereocenters. The normalized spacial score (nSPS) is 10.5. The first-order valence-corrected chi connectivity index (χ1v) is 4.25. The van der Waals surface area contributed by atoms with Gasteiger partial charge < -0.3 is 16.5 Å². The Balaban J connectivity index is 2.64. The lowest BCUT2D eigenvalue weighted by molar-refractivity contribution is 0.843. The lowest BCUT2D eigenvalue weighted by Crippen LogP contribution is -2.16. The molecule has 0 radical (unpaired) electrons. The van der Waals surface area contributed by atoms with Crippen LogP contribution in [-0.4, -0.2) is 19.7 Å². The molecule has 2 aromatic heterocycles. The lowest BCUT2D eigenvalue weighted by atomic mass is 10.4. The largest absolute Gasteiger partial charge is 0.391 e. The maximum Gasteiger partial charge on any atom is 0.276 e. The van der Waals surface area contributed by atoms with Crippen molar-refractivity contribution in [2.75, 3.05) is 11.5 Å². The second-order valence-electron chi connectivity index (χ2n) is 3.11. The topological polar surface area (TPSA) is 116 Å². The Bertz CT molecular complexity index is 535. The summed E-state index contributed by atoms with van der Waals surface area (Å²) < 4.78 is 1.38. The maximum atomic E-state index is 11.2. The molecule has 0 amide bonds. The van der Waals surface area contributed by atoms with Crippen molar-refractivity contribution < 1.29 is 0 Å². The first-order valence-electron chi connectivity index (χ1n) is 4.25. The zero-order valence-corrected chi connectivity index (χ0v) is 8.06. The average Bonchev–Trinajstić information content (AvgIpc) is 2.51. The van der Waals surface area contributed by atoms with Gasteiger partial charge >= 0.3 is 0 Å². The molecule has 0 aliphatic carbocycles. The van der Waals surface area contributed by atoms with E-state index in [4.69, 9.17) is 11.5 Å². The predicted octanol–water partition coefficient (Wildman–Crippen LogP) is -0.572. The van der Waals surface area contributed by atoms with Gasteiger partial charge in [0.2, 0.25) is 0 Å². The fourth-order valence-electron chi connectivity index (χ4n) is 1.17. The number of aryl methyl sites for hydroxylation is 1. The molecule has 2 rings (SSSR count). The minimum absolute atomic E-state index is 0.0139. The summed E-state index contributed by atoms with van der Waals surface area (Å²) in [4.78, 5) is 17.5. The fourth-order valence-corrected chi connectivity index (χ4v) is 1.17. The number of aromatic nitrogens is 4. The maximum absolute atomic E-state index is 11.2. The van der Waals surface area contributed by atoms with Gasteiger partial charge in [0.25, 0.3) is 5.56 Å². The first-order chi connectivity index (χ1) is 7.09. The summed E-state index contributed by atoms with van der Waals surface area (Å²) in [6.07, 6.45) is 2.93. The molecule has 0 fully saturated rings. The summed E-state index contributed by atoms with van der Waals surface area (Å²) in [5, 5.41) is 3.98. The highest BCUT2D eigenvalue weighted by Crippen LogP contribution is 2.12. The second-order valence-corrected chi connectivity index (χ2v) is 3.11. The zero-order valence-electron chi connectivity index (χ0n) is 8.06. The molecular formula is C8H10N6O. The van der Waals surface area contributed by atoms with Crippen LogP contribution in [0.4, 0.5) is 11.5 Å². The third kappa shape index (κ3) is 1.43. The number of H-pyrrole nitrogens is 1. The highest BCUT2D eigenvalue weighted by Gasteiger charge is 2.09. The molecule has 0 aromatic carbocycles. The van der Waals surface area contributed by atoms with Crippen LogP contribution in [0, 0.1) is 6.92 Å². The number of hydrogen-bond donors (Lipinski definition) is 3. The van der Waals surface area contributed by atoms with E-state index in [9.17, 15) is 4.79 Å². The Morgan fingerprint density at radius 1 is 1.47 bits per heavy atom. The Hall–Kier alpha value is -2.31. The SMILES string of the molecule is Cc1cn(-c2nc[nH]c(=O)c2N)nc1N. The molecule has 0 saturated carbocycles. The van der Waals surface area contributed by atoms with Gasteiger partial charge in [0.15, 0.2) is 5.82 Å². The third-order valence-corrected chi connectivity index (χ3v) is 2.02. The van der Waals surface area contributed by atoms with Crippen LogP contribution < -0.4 is 17.0 Å². The molecule has 0 aliphatic rings. The van der Waals surface area contributed by atoms with E-state index in [1.54, 1.807) is 6.20 Å². The van der Waals surface area contributed by atoms with E-state index in [1.807, 2.05) is 6.92 Å². The minimum atomic E-state index is -0.397. The average molecular weight is 206 g/mol. The predicted molar refractivity (Wildman–Crippen MR) is 55.5 cm³/mol. The van der Waals surface area contributed by atoms with Crippen molar-refractivity contribution in [3.63, 3.8) is 0 Å². The summed E-state index contributed by atoms with van der Waals surface area (Å²) in [6.45, 7) is 1.81. The fraction of sp³-hybridized carbons (Fsp3) is 0.125. The number of anilines is 2. The molecule has 0 bridgehead atoms. The van der Waals surface area contributed by atoms with Gasteiger partial charge in [-0.1, -0.05) is 0 Å².